The molecule has 2 aromatic rings. The summed E-state index contributed by atoms with van der Waals surface area (Å²) < 4.78 is 16.7. The fraction of sp³-hybridized carbons (Fsp3) is 0.316. The lowest BCUT2D eigenvalue weighted by atomic mass is 9.91. The average molecular weight is 328 g/mol. The highest BCUT2D eigenvalue weighted by molar-refractivity contribution is 5.77. The number of carboxylic acids is 1. The number of aliphatic carboxylic acids is 1. The van der Waals surface area contributed by atoms with Crippen LogP contribution in [0.4, 0.5) is 0 Å². The number of carbonyl (C=O) groups is 1. The first-order valence-corrected chi connectivity index (χ1v) is 8.02. The van der Waals surface area contributed by atoms with Gasteiger partial charge >= 0.3 is 5.97 Å². The molecule has 0 aliphatic carbocycles. The second-order valence-corrected chi connectivity index (χ2v) is 5.54. The zero-order valence-electron chi connectivity index (χ0n) is 13.5. The van der Waals surface area contributed by atoms with Crippen LogP contribution in [0.15, 0.2) is 42.5 Å². The Labute approximate surface area is 140 Å². The molecule has 1 heterocycles. The van der Waals surface area contributed by atoms with E-state index in [2.05, 4.69) is 0 Å². The van der Waals surface area contributed by atoms with E-state index in [-0.39, 0.29) is 0 Å². The van der Waals surface area contributed by atoms with E-state index in [1.165, 1.54) is 0 Å². The Kier molecular flexibility index (Phi) is 4.89. The largest absolute Gasteiger partial charge is 0.494 e. The van der Waals surface area contributed by atoms with E-state index in [4.69, 9.17) is 14.2 Å². The van der Waals surface area contributed by atoms with E-state index in [1.807, 2.05) is 31.2 Å². The molecule has 3 rings (SSSR count). The molecule has 0 fully saturated rings. The Hall–Kier alpha value is -2.69. The molecule has 0 bridgehead atoms. The SMILES string of the molecule is CCOc1ccccc1CC(C(=O)O)c1ccc2c(c1)OCCO2. The van der Waals surface area contributed by atoms with Gasteiger partial charge in [-0.15, -0.1) is 0 Å². The van der Waals surface area contributed by atoms with E-state index in [0.29, 0.717) is 43.3 Å². The molecule has 126 valence electrons. The van der Waals surface area contributed by atoms with Crippen molar-refractivity contribution in [2.45, 2.75) is 19.3 Å². The molecular formula is C19H20O5. The van der Waals surface area contributed by atoms with E-state index >= 15 is 0 Å². The number of carboxylic acid groups (broad SMARTS) is 1. The maximum absolute atomic E-state index is 11.8. The summed E-state index contributed by atoms with van der Waals surface area (Å²) >= 11 is 0. The molecule has 5 heteroatoms. The second-order valence-electron chi connectivity index (χ2n) is 5.54. The van der Waals surface area contributed by atoms with Gasteiger partial charge in [-0.3, -0.25) is 4.79 Å². The second kappa shape index (κ2) is 7.25. The van der Waals surface area contributed by atoms with E-state index in [1.54, 1.807) is 18.2 Å². The number of hydrogen-bond acceptors (Lipinski definition) is 4. The van der Waals surface area contributed by atoms with Crippen molar-refractivity contribution in [3.8, 4) is 17.2 Å². The van der Waals surface area contributed by atoms with Gasteiger partial charge < -0.3 is 19.3 Å². The lowest BCUT2D eigenvalue weighted by Gasteiger charge is -2.21. The highest BCUT2D eigenvalue weighted by Crippen LogP contribution is 2.35. The Balaban J connectivity index is 1.89. The normalized spacial score (nSPS) is 14.0. The monoisotopic (exact) mass is 328 g/mol. The first-order valence-electron chi connectivity index (χ1n) is 8.02. The quantitative estimate of drug-likeness (QED) is 0.881. The topological polar surface area (TPSA) is 65.0 Å². The van der Waals surface area contributed by atoms with Gasteiger partial charge in [-0.1, -0.05) is 24.3 Å². The van der Waals surface area contributed by atoms with Crippen molar-refractivity contribution in [3.63, 3.8) is 0 Å². The van der Waals surface area contributed by atoms with Crippen LogP contribution in [0.5, 0.6) is 17.2 Å². The molecule has 1 unspecified atom stereocenters. The molecule has 1 atom stereocenters. The summed E-state index contributed by atoms with van der Waals surface area (Å²) in [6, 6.07) is 12.9. The van der Waals surface area contributed by atoms with E-state index in [0.717, 1.165) is 11.3 Å². The first kappa shape index (κ1) is 16.2. The number of benzene rings is 2. The number of ether oxygens (including phenoxy) is 3. The first-order chi connectivity index (χ1) is 11.7. The van der Waals surface area contributed by atoms with E-state index in [9.17, 15) is 9.90 Å². The predicted molar refractivity (Wildman–Crippen MR) is 89.1 cm³/mol. The minimum absolute atomic E-state index is 0.352. The zero-order valence-corrected chi connectivity index (χ0v) is 13.5. The van der Waals surface area contributed by atoms with Crippen molar-refractivity contribution in [2.75, 3.05) is 19.8 Å². The summed E-state index contributed by atoms with van der Waals surface area (Å²) in [7, 11) is 0. The Morgan fingerprint density at radius 1 is 1.17 bits per heavy atom. The Morgan fingerprint density at radius 2 is 1.92 bits per heavy atom. The smallest absolute Gasteiger partial charge is 0.311 e. The summed E-state index contributed by atoms with van der Waals surface area (Å²) in [6.45, 7) is 3.43. The molecule has 0 spiro atoms. The number of hydrogen-bond donors (Lipinski definition) is 1. The zero-order chi connectivity index (χ0) is 16.9. The van der Waals surface area contributed by atoms with Crippen molar-refractivity contribution in [3.05, 3.63) is 53.6 Å². The molecule has 1 aliphatic rings. The predicted octanol–water partition coefficient (Wildman–Crippen LogP) is 3.27. The molecule has 24 heavy (non-hydrogen) atoms. The molecule has 0 amide bonds. The van der Waals surface area contributed by atoms with Crippen LogP contribution >= 0.6 is 0 Å². The summed E-state index contributed by atoms with van der Waals surface area (Å²) in [5, 5.41) is 9.70. The highest BCUT2D eigenvalue weighted by atomic mass is 16.6. The van der Waals surface area contributed by atoms with Crippen molar-refractivity contribution in [1.82, 2.24) is 0 Å². The maximum Gasteiger partial charge on any atom is 0.311 e. The van der Waals surface area contributed by atoms with Crippen LogP contribution in [0.1, 0.15) is 24.0 Å². The van der Waals surface area contributed by atoms with Crippen molar-refractivity contribution >= 4 is 5.97 Å². The van der Waals surface area contributed by atoms with Crippen molar-refractivity contribution < 1.29 is 24.1 Å². The fourth-order valence-electron chi connectivity index (χ4n) is 2.81. The highest BCUT2D eigenvalue weighted by Gasteiger charge is 2.24. The number of para-hydroxylation sites is 1. The van der Waals surface area contributed by atoms with Crippen LogP contribution < -0.4 is 14.2 Å². The molecule has 0 aromatic heterocycles. The lowest BCUT2D eigenvalue weighted by Crippen LogP contribution is -2.18. The van der Waals surface area contributed by atoms with Gasteiger partial charge in [0.05, 0.1) is 12.5 Å². The maximum atomic E-state index is 11.8. The Bertz CT molecular complexity index is 725. The fourth-order valence-corrected chi connectivity index (χ4v) is 2.81. The van der Waals surface area contributed by atoms with Crippen LogP contribution in [-0.4, -0.2) is 30.9 Å². The number of rotatable bonds is 6. The third kappa shape index (κ3) is 3.45. The van der Waals surface area contributed by atoms with Gasteiger partial charge in [0.1, 0.15) is 19.0 Å². The molecule has 2 aromatic carbocycles. The van der Waals surface area contributed by atoms with Gasteiger partial charge in [0, 0.05) is 0 Å². The van der Waals surface area contributed by atoms with Crippen LogP contribution in [0.2, 0.25) is 0 Å². The number of fused-ring (bicyclic) bond motifs is 1. The van der Waals surface area contributed by atoms with Gasteiger partial charge in [-0.2, -0.15) is 0 Å². The third-order valence-corrected chi connectivity index (χ3v) is 3.96. The summed E-state index contributed by atoms with van der Waals surface area (Å²) in [6.07, 6.45) is 0.352. The minimum Gasteiger partial charge on any atom is -0.494 e. The summed E-state index contributed by atoms with van der Waals surface area (Å²) in [5.41, 5.74) is 1.57. The molecule has 1 aliphatic heterocycles. The standard InChI is InChI=1S/C19H20O5/c1-2-22-16-6-4-3-5-14(16)11-15(19(20)21)13-7-8-17-18(12-13)24-10-9-23-17/h3-8,12,15H,2,9-11H2,1H3,(H,20,21). The summed E-state index contributed by atoms with van der Waals surface area (Å²) in [4.78, 5) is 11.8. The van der Waals surface area contributed by atoms with Gasteiger partial charge in [-0.05, 0) is 42.7 Å². The van der Waals surface area contributed by atoms with Crippen molar-refractivity contribution in [1.29, 1.82) is 0 Å². The molecule has 0 saturated heterocycles. The lowest BCUT2D eigenvalue weighted by molar-refractivity contribution is -0.138. The van der Waals surface area contributed by atoms with Crippen LogP contribution in [0, 0.1) is 0 Å². The van der Waals surface area contributed by atoms with Gasteiger partial charge in [-0.25, -0.2) is 0 Å². The summed E-state index contributed by atoms with van der Waals surface area (Å²) in [5.74, 6) is 0.427. The van der Waals surface area contributed by atoms with Crippen LogP contribution in [0.3, 0.4) is 0 Å². The van der Waals surface area contributed by atoms with Gasteiger partial charge in [0.2, 0.25) is 0 Å². The van der Waals surface area contributed by atoms with Crippen LogP contribution in [0.25, 0.3) is 0 Å². The van der Waals surface area contributed by atoms with Gasteiger partial charge in [0.25, 0.3) is 0 Å². The molecular weight excluding hydrogens is 308 g/mol. The average Bonchev–Trinajstić information content (AvgIpc) is 2.60. The Morgan fingerprint density at radius 3 is 2.67 bits per heavy atom. The molecule has 0 radical (unpaired) electrons. The minimum atomic E-state index is -0.877. The van der Waals surface area contributed by atoms with Gasteiger partial charge in [0.15, 0.2) is 11.5 Å². The molecule has 5 nitrogen and oxygen atoms in total. The molecule has 1 N–H and O–H groups in total. The van der Waals surface area contributed by atoms with Crippen molar-refractivity contribution in [2.24, 2.45) is 0 Å². The van der Waals surface area contributed by atoms with E-state index < -0.39 is 11.9 Å². The third-order valence-electron chi connectivity index (χ3n) is 3.96. The molecule has 0 saturated carbocycles. The van der Waals surface area contributed by atoms with Crippen LogP contribution in [-0.2, 0) is 11.2 Å².